The molecule has 1 rings (SSSR count). The highest BCUT2D eigenvalue weighted by molar-refractivity contribution is 5.75. The Labute approximate surface area is 97.4 Å². The average Bonchev–Trinajstić information content (AvgIpc) is 2.28. The number of rotatable bonds is 1. The maximum atomic E-state index is 11.1. The summed E-state index contributed by atoms with van der Waals surface area (Å²) in [5.74, 6) is -2.44. The lowest BCUT2D eigenvalue weighted by Gasteiger charge is -2.26. The molecule has 0 saturated carbocycles. The molecule has 0 aromatic rings. The molecule has 4 nitrogen and oxygen atoms in total. The van der Waals surface area contributed by atoms with Crippen molar-refractivity contribution >= 4 is 11.9 Å². The van der Waals surface area contributed by atoms with Gasteiger partial charge in [-0.3, -0.25) is 4.79 Å². The van der Waals surface area contributed by atoms with E-state index in [0.29, 0.717) is 12.3 Å². The molecule has 1 aliphatic rings. The van der Waals surface area contributed by atoms with Gasteiger partial charge in [-0.05, 0) is 19.3 Å². The maximum Gasteiger partial charge on any atom is 0.490 e. The second kappa shape index (κ2) is 7.13. The number of aliphatic carboxylic acids is 1. The summed E-state index contributed by atoms with van der Waals surface area (Å²) in [6.45, 7) is 3.91. The molecular weight excluding hydrogens is 239 g/mol. The van der Waals surface area contributed by atoms with E-state index >= 15 is 0 Å². The molecule has 17 heavy (non-hydrogen) atoms. The summed E-state index contributed by atoms with van der Waals surface area (Å²) in [5, 5.41) is 7.12. The van der Waals surface area contributed by atoms with Crippen molar-refractivity contribution in [2.45, 2.75) is 38.8 Å². The number of nitrogens with zero attached hydrogens (tertiary/aromatic N) is 1. The molecule has 0 bridgehead atoms. The van der Waals surface area contributed by atoms with Crippen molar-refractivity contribution in [1.29, 1.82) is 0 Å². The summed E-state index contributed by atoms with van der Waals surface area (Å²) < 4.78 is 31.7. The third-order valence-electron chi connectivity index (χ3n) is 2.25. The Morgan fingerprint density at radius 3 is 1.88 bits per heavy atom. The zero-order valence-electron chi connectivity index (χ0n) is 9.59. The van der Waals surface area contributed by atoms with Crippen LogP contribution >= 0.6 is 0 Å². The number of hydrogen-bond acceptors (Lipinski definition) is 2. The van der Waals surface area contributed by atoms with E-state index in [1.807, 2.05) is 11.8 Å². The normalized spacial score (nSPS) is 15.9. The molecule has 1 aliphatic heterocycles. The number of carboxylic acids is 1. The van der Waals surface area contributed by atoms with Crippen LogP contribution in [0.4, 0.5) is 13.2 Å². The monoisotopic (exact) mass is 255 g/mol. The van der Waals surface area contributed by atoms with Gasteiger partial charge in [-0.15, -0.1) is 0 Å². The lowest BCUT2D eigenvalue weighted by atomic mass is 10.1. The second-order valence-electron chi connectivity index (χ2n) is 3.60. The molecule has 0 atom stereocenters. The summed E-state index contributed by atoms with van der Waals surface area (Å²) in [7, 11) is 0. The topological polar surface area (TPSA) is 57.6 Å². The van der Waals surface area contributed by atoms with Crippen LogP contribution in [0.1, 0.15) is 32.6 Å². The minimum absolute atomic E-state index is 0.319. The molecule has 7 heteroatoms. The molecule has 1 N–H and O–H groups in total. The first-order valence-electron chi connectivity index (χ1n) is 5.37. The lowest BCUT2D eigenvalue weighted by molar-refractivity contribution is -0.192. The van der Waals surface area contributed by atoms with Gasteiger partial charge in [-0.1, -0.05) is 6.92 Å². The Kier molecular flexibility index (Phi) is 6.60. The van der Waals surface area contributed by atoms with Gasteiger partial charge in [0.05, 0.1) is 0 Å². The Morgan fingerprint density at radius 1 is 1.18 bits per heavy atom. The molecule has 0 radical (unpaired) electrons. The summed E-state index contributed by atoms with van der Waals surface area (Å²) in [6, 6.07) is 0. The summed E-state index contributed by atoms with van der Waals surface area (Å²) in [5.41, 5.74) is 0. The molecule has 0 spiro atoms. The minimum atomic E-state index is -5.08. The van der Waals surface area contributed by atoms with Crippen LogP contribution < -0.4 is 0 Å². The SMILES string of the molecule is CCC(=O)N1CCCCC1.O=C(O)C(F)(F)F. The number of piperidine rings is 1. The fourth-order valence-electron chi connectivity index (χ4n) is 1.37. The van der Waals surface area contributed by atoms with Gasteiger partial charge in [0, 0.05) is 19.5 Å². The van der Waals surface area contributed by atoms with E-state index < -0.39 is 12.1 Å². The quantitative estimate of drug-likeness (QED) is 0.780. The summed E-state index contributed by atoms with van der Waals surface area (Å²) >= 11 is 0. The standard InChI is InChI=1S/C8H15NO.C2HF3O2/c1-2-8(10)9-6-4-3-5-7-9;3-2(4,5)1(6)7/h2-7H2,1H3;(H,6,7). The van der Waals surface area contributed by atoms with Crippen LogP contribution in [0.2, 0.25) is 0 Å². The van der Waals surface area contributed by atoms with E-state index in [1.165, 1.54) is 19.3 Å². The zero-order chi connectivity index (χ0) is 13.5. The van der Waals surface area contributed by atoms with Gasteiger partial charge in [0.2, 0.25) is 5.91 Å². The van der Waals surface area contributed by atoms with Crippen LogP contribution in [0.15, 0.2) is 0 Å². The Balaban J connectivity index is 0.000000325. The van der Waals surface area contributed by atoms with Crippen LogP contribution in [-0.2, 0) is 9.59 Å². The van der Waals surface area contributed by atoms with Crippen molar-refractivity contribution in [3.05, 3.63) is 0 Å². The minimum Gasteiger partial charge on any atom is -0.475 e. The van der Waals surface area contributed by atoms with Gasteiger partial charge in [0.1, 0.15) is 0 Å². The number of halogens is 3. The van der Waals surface area contributed by atoms with E-state index in [-0.39, 0.29) is 0 Å². The van der Waals surface area contributed by atoms with Crippen molar-refractivity contribution in [2.75, 3.05) is 13.1 Å². The molecule has 1 heterocycles. The Morgan fingerprint density at radius 2 is 1.59 bits per heavy atom. The van der Waals surface area contributed by atoms with Gasteiger partial charge >= 0.3 is 12.1 Å². The summed E-state index contributed by atoms with van der Waals surface area (Å²) in [6.07, 6.45) is -0.717. The smallest absolute Gasteiger partial charge is 0.475 e. The molecule has 0 unspecified atom stereocenters. The van der Waals surface area contributed by atoms with E-state index in [1.54, 1.807) is 0 Å². The van der Waals surface area contributed by atoms with Crippen LogP contribution in [0.3, 0.4) is 0 Å². The maximum absolute atomic E-state index is 11.1. The fourth-order valence-corrected chi connectivity index (χ4v) is 1.37. The average molecular weight is 255 g/mol. The van der Waals surface area contributed by atoms with E-state index in [9.17, 15) is 18.0 Å². The highest BCUT2D eigenvalue weighted by atomic mass is 19.4. The number of amides is 1. The first-order valence-corrected chi connectivity index (χ1v) is 5.37. The summed E-state index contributed by atoms with van der Waals surface area (Å²) in [4.78, 5) is 22.0. The molecule has 0 aromatic carbocycles. The number of alkyl halides is 3. The molecule has 0 aliphatic carbocycles. The number of carbonyl (C=O) groups excluding carboxylic acids is 1. The zero-order valence-corrected chi connectivity index (χ0v) is 9.59. The molecular formula is C10H16F3NO3. The number of hydrogen-bond donors (Lipinski definition) is 1. The third-order valence-corrected chi connectivity index (χ3v) is 2.25. The molecule has 100 valence electrons. The van der Waals surface area contributed by atoms with Gasteiger partial charge in [0.15, 0.2) is 0 Å². The van der Waals surface area contributed by atoms with Crippen molar-refractivity contribution in [3.8, 4) is 0 Å². The van der Waals surface area contributed by atoms with Crippen molar-refractivity contribution in [2.24, 2.45) is 0 Å². The van der Waals surface area contributed by atoms with Gasteiger partial charge < -0.3 is 10.0 Å². The van der Waals surface area contributed by atoms with E-state index in [2.05, 4.69) is 0 Å². The van der Waals surface area contributed by atoms with E-state index in [0.717, 1.165) is 13.1 Å². The first kappa shape index (κ1) is 15.7. The van der Waals surface area contributed by atoms with Crippen molar-refractivity contribution < 1.29 is 27.9 Å². The highest BCUT2D eigenvalue weighted by Crippen LogP contribution is 2.13. The molecule has 1 amide bonds. The van der Waals surface area contributed by atoms with Crippen molar-refractivity contribution in [1.82, 2.24) is 4.90 Å². The number of carbonyl (C=O) groups is 2. The third kappa shape index (κ3) is 6.80. The number of likely N-dealkylation sites (tertiary alicyclic amines) is 1. The lowest BCUT2D eigenvalue weighted by Crippen LogP contribution is -2.34. The van der Waals surface area contributed by atoms with Crippen LogP contribution in [0.5, 0.6) is 0 Å². The number of carboxylic acid groups (broad SMARTS) is 1. The Hall–Kier alpha value is -1.27. The highest BCUT2D eigenvalue weighted by Gasteiger charge is 2.38. The fraction of sp³-hybridized carbons (Fsp3) is 0.800. The van der Waals surface area contributed by atoms with Crippen molar-refractivity contribution in [3.63, 3.8) is 0 Å². The van der Waals surface area contributed by atoms with Gasteiger partial charge in [0.25, 0.3) is 0 Å². The molecule has 1 saturated heterocycles. The first-order chi connectivity index (χ1) is 7.79. The second-order valence-corrected chi connectivity index (χ2v) is 3.60. The van der Waals surface area contributed by atoms with E-state index in [4.69, 9.17) is 9.90 Å². The molecule has 0 aromatic heterocycles. The van der Waals surface area contributed by atoms with Crippen LogP contribution in [-0.4, -0.2) is 41.1 Å². The van der Waals surface area contributed by atoms with Gasteiger partial charge in [-0.25, -0.2) is 4.79 Å². The predicted molar refractivity (Wildman–Crippen MR) is 54.4 cm³/mol. The largest absolute Gasteiger partial charge is 0.490 e. The van der Waals surface area contributed by atoms with Crippen LogP contribution in [0.25, 0.3) is 0 Å². The predicted octanol–water partition coefficient (Wildman–Crippen LogP) is 2.04. The van der Waals surface area contributed by atoms with Crippen LogP contribution in [0, 0.1) is 0 Å². The Bertz CT molecular complexity index is 260. The molecule has 1 fully saturated rings. The van der Waals surface area contributed by atoms with Gasteiger partial charge in [-0.2, -0.15) is 13.2 Å².